The topological polar surface area (TPSA) is 43.4 Å². The number of fused-ring (bicyclic) bond motifs is 1. The van der Waals surface area contributed by atoms with Gasteiger partial charge in [0.1, 0.15) is 0 Å². The first-order chi connectivity index (χ1) is 6.27. The van der Waals surface area contributed by atoms with E-state index in [9.17, 15) is 9.59 Å². The maximum Gasteiger partial charge on any atom is 0.318 e. The summed E-state index contributed by atoms with van der Waals surface area (Å²) in [4.78, 5) is 22.7. The maximum absolute atomic E-state index is 11.3. The van der Waals surface area contributed by atoms with E-state index < -0.39 is 0 Å². The average Bonchev–Trinajstić information content (AvgIpc) is 2.47. The zero-order valence-electron chi connectivity index (χ0n) is 7.10. The molecular weight excluding hydrogens is 168 g/mol. The van der Waals surface area contributed by atoms with E-state index in [1.165, 1.54) is 0 Å². The lowest BCUT2D eigenvalue weighted by molar-refractivity contribution is -0.154. The number of hydrogen-bond acceptors (Lipinski definition) is 3. The van der Waals surface area contributed by atoms with Crippen molar-refractivity contribution in [2.45, 2.75) is 12.8 Å². The molecule has 0 radical (unpaired) electrons. The summed E-state index contributed by atoms with van der Waals surface area (Å²) in [5.41, 5.74) is 0. The molecule has 4 rings (SSSR count). The van der Waals surface area contributed by atoms with Crippen LogP contribution in [0, 0.1) is 23.7 Å². The normalized spacial score (nSPS) is 46.5. The van der Waals surface area contributed by atoms with E-state index in [1.807, 2.05) is 0 Å². The van der Waals surface area contributed by atoms with Crippen LogP contribution in [0.1, 0.15) is 12.8 Å². The molecule has 4 atom stereocenters. The Bertz CT molecular complexity index is 288. The van der Waals surface area contributed by atoms with Gasteiger partial charge in [-0.1, -0.05) is 12.2 Å². The molecule has 0 aromatic carbocycles. The number of carbonyl (C=O) groups excluding carboxylic acids is 2. The molecule has 2 fully saturated rings. The first kappa shape index (κ1) is 7.30. The Balaban J connectivity index is 2.07. The van der Waals surface area contributed by atoms with Gasteiger partial charge >= 0.3 is 11.9 Å². The summed E-state index contributed by atoms with van der Waals surface area (Å²) in [6, 6.07) is 0. The van der Waals surface area contributed by atoms with E-state index in [0.29, 0.717) is 0 Å². The van der Waals surface area contributed by atoms with Gasteiger partial charge in [0, 0.05) is 0 Å². The summed E-state index contributed by atoms with van der Waals surface area (Å²) in [6.45, 7) is 0. The molecule has 0 N–H and O–H groups in total. The highest BCUT2D eigenvalue weighted by molar-refractivity contribution is 5.97. The molecule has 3 aliphatic carbocycles. The van der Waals surface area contributed by atoms with Crippen molar-refractivity contribution in [2.75, 3.05) is 0 Å². The van der Waals surface area contributed by atoms with Gasteiger partial charge in [0.15, 0.2) is 0 Å². The van der Waals surface area contributed by atoms with Crippen molar-refractivity contribution in [3.63, 3.8) is 0 Å². The summed E-state index contributed by atoms with van der Waals surface area (Å²) in [5.74, 6) is -0.390. The van der Waals surface area contributed by atoms with E-state index in [1.54, 1.807) is 0 Å². The quantitative estimate of drug-likeness (QED) is 0.314. The van der Waals surface area contributed by atoms with Crippen LogP contribution in [0.2, 0.25) is 0 Å². The van der Waals surface area contributed by atoms with E-state index >= 15 is 0 Å². The number of ether oxygens (including phenoxy) is 1. The van der Waals surface area contributed by atoms with Crippen LogP contribution in [0.25, 0.3) is 0 Å². The van der Waals surface area contributed by atoms with Gasteiger partial charge in [-0.25, -0.2) is 0 Å². The van der Waals surface area contributed by atoms with E-state index in [0.717, 1.165) is 12.8 Å². The molecule has 3 heteroatoms. The van der Waals surface area contributed by atoms with Crippen LogP contribution in [0.3, 0.4) is 0 Å². The van der Waals surface area contributed by atoms with Crippen LogP contribution in [0.5, 0.6) is 0 Å². The lowest BCUT2D eigenvalue weighted by Gasteiger charge is -2.37. The predicted molar refractivity (Wildman–Crippen MR) is 43.4 cm³/mol. The van der Waals surface area contributed by atoms with Crippen molar-refractivity contribution in [1.82, 2.24) is 0 Å². The molecule has 0 aromatic rings. The summed E-state index contributed by atoms with van der Waals surface area (Å²) in [5, 5.41) is 0. The number of cyclic esters (lactones) is 2. The molecule has 1 aliphatic heterocycles. The zero-order chi connectivity index (χ0) is 9.00. The zero-order valence-corrected chi connectivity index (χ0v) is 7.10. The van der Waals surface area contributed by atoms with Gasteiger partial charge in [-0.15, -0.1) is 0 Å². The SMILES string of the molecule is O=C1OC(=O)[C@H]2[C@H]1[C@H]1C=C[C@H]2CC1. The van der Waals surface area contributed by atoms with Crippen molar-refractivity contribution >= 4 is 11.9 Å². The monoisotopic (exact) mass is 178 g/mol. The number of hydrogen-bond donors (Lipinski definition) is 0. The summed E-state index contributed by atoms with van der Waals surface area (Å²) < 4.78 is 4.67. The van der Waals surface area contributed by atoms with E-state index in [2.05, 4.69) is 16.9 Å². The summed E-state index contributed by atoms with van der Waals surface area (Å²) in [6.07, 6.45) is 6.22. The van der Waals surface area contributed by atoms with Crippen LogP contribution in [-0.2, 0) is 14.3 Å². The number of rotatable bonds is 0. The number of allylic oxidation sites excluding steroid dienone is 2. The summed E-state index contributed by atoms with van der Waals surface area (Å²) in [7, 11) is 0. The third kappa shape index (κ3) is 0.794. The standard InChI is InChI=1S/C10H10O3/c11-9-7-5-1-2-6(4-3-5)8(7)10(12)13-9/h1-2,5-8H,3-4H2/t5-,6-,7+,8+/m0/s1. The molecule has 0 unspecified atom stereocenters. The second-order valence-corrected chi connectivity index (χ2v) is 4.08. The molecule has 68 valence electrons. The Morgan fingerprint density at radius 3 is 1.85 bits per heavy atom. The highest BCUT2D eigenvalue weighted by Crippen LogP contribution is 2.48. The minimum Gasteiger partial charge on any atom is -0.393 e. The van der Waals surface area contributed by atoms with Crippen molar-refractivity contribution < 1.29 is 14.3 Å². The lowest BCUT2D eigenvalue weighted by atomic mass is 9.63. The fraction of sp³-hybridized carbons (Fsp3) is 0.600. The minimum atomic E-state index is -0.297. The minimum absolute atomic E-state index is 0.156. The second kappa shape index (κ2) is 2.22. The van der Waals surface area contributed by atoms with Gasteiger partial charge in [0.25, 0.3) is 0 Å². The molecule has 13 heavy (non-hydrogen) atoms. The van der Waals surface area contributed by atoms with Gasteiger partial charge in [0.05, 0.1) is 11.8 Å². The Labute approximate surface area is 75.8 Å². The van der Waals surface area contributed by atoms with E-state index in [4.69, 9.17) is 0 Å². The Kier molecular flexibility index (Phi) is 1.25. The van der Waals surface area contributed by atoms with Crippen LogP contribution < -0.4 is 0 Å². The average molecular weight is 178 g/mol. The number of carbonyl (C=O) groups is 2. The molecule has 2 bridgehead atoms. The smallest absolute Gasteiger partial charge is 0.318 e. The third-order valence-electron chi connectivity index (χ3n) is 3.49. The Morgan fingerprint density at radius 2 is 1.46 bits per heavy atom. The molecule has 1 saturated carbocycles. The van der Waals surface area contributed by atoms with Gasteiger partial charge in [-0.2, -0.15) is 0 Å². The summed E-state index contributed by atoms with van der Waals surface area (Å²) >= 11 is 0. The molecule has 0 spiro atoms. The predicted octanol–water partition coefficient (Wildman–Crippen LogP) is 0.898. The Hall–Kier alpha value is -1.12. The first-order valence-corrected chi connectivity index (χ1v) is 4.71. The van der Waals surface area contributed by atoms with Crippen LogP contribution in [0.4, 0.5) is 0 Å². The van der Waals surface area contributed by atoms with Crippen LogP contribution in [0.15, 0.2) is 12.2 Å². The lowest BCUT2D eigenvalue weighted by Crippen LogP contribution is -2.38. The second-order valence-electron chi connectivity index (χ2n) is 4.08. The Morgan fingerprint density at radius 1 is 1.00 bits per heavy atom. The molecule has 0 amide bonds. The van der Waals surface area contributed by atoms with Crippen molar-refractivity contribution in [1.29, 1.82) is 0 Å². The van der Waals surface area contributed by atoms with Crippen LogP contribution in [-0.4, -0.2) is 11.9 Å². The largest absolute Gasteiger partial charge is 0.393 e. The molecular formula is C10H10O3. The highest BCUT2D eigenvalue weighted by atomic mass is 16.6. The molecule has 1 saturated heterocycles. The molecule has 3 nitrogen and oxygen atoms in total. The van der Waals surface area contributed by atoms with Crippen molar-refractivity contribution in [3.05, 3.63) is 12.2 Å². The third-order valence-corrected chi connectivity index (χ3v) is 3.49. The number of esters is 2. The molecule has 1 heterocycles. The fourth-order valence-corrected chi connectivity index (χ4v) is 2.87. The van der Waals surface area contributed by atoms with Crippen molar-refractivity contribution in [3.8, 4) is 0 Å². The van der Waals surface area contributed by atoms with Crippen LogP contribution >= 0.6 is 0 Å². The van der Waals surface area contributed by atoms with Gasteiger partial charge < -0.3 is 4.74 Å². The maximum atomic E-state index is 11.3. The highest BCUT2D eigenvalue weighted by Gasteiger charge is 2.54. The first-order valence-electron chi connectivity index (χ1n) is 4.71. The van der Waals surface area contributed by atoms with Gasteiger partial charge in [-0.05, 0) is 24.7 Å². The van der Waals surface area contributed by atoms with Gasteiger partial charge in [-0.3, -0.25) is 9.59 Å². The van der Waals surface area contributed by atoms with Gasteiger partial charge in [0.2, 0.25) is 0 Å². The fourth-order valence-electron chi connectivity index (χ4n) is 2.87. The molecule has 0 aromatic heterocycles. The molecule has 4 aliphatic rings. The van der Waals surface area contributed by atoms with E-state index in [-0.39, 0.29) is 35.6 Å². The van der Waals surface area contributed by atoms with Crippen molar-refractivity contribution in [2.24, 2.45) is 23.7 Å².